The Morgan fingerprint density at radius 2 is 1.77 bits per heavy atom. The lowest BCUT2D eigenvalue weighted by atomic mass is 9.84. The Morgan fingerprint density at radius 3 is 2.29 bits per heavy atom. The number of nitrogens with one attached hydrogen (secondary N) is 1. The van der Waals surface area contributed by atoms with Gasteiger partial charge in [-0.2, -0.15) is 0 Å². The van der Waals surface area contributed by atoms with Crippen molar-refractivity contribution in [3.05, 3.63) is 0 Å². The van der Waals surface area contributed by atoms with Gasteiger partial charge in [0.15, 0.2) is 0 Å². The average molecular weight is 442 g/mol. The van der Waals surface area contributed by atoms with Crippen molar-refractivity contribution in [1.29, 1.82) is 0 Å². The Bertz CT molecular complexity index is 599. The summed E-state index contributed by atoms with van der Waals surface area (Å²) in [5.41, 5.74) is 5.35. The van der Waals surface area contributed by atoms with Gasteiger partial charge in [-0.25, -0.2) is 4.79 Å². The lowest BCUT2D eigenvalue weighted by Gasteiger charge is -2.35. The number of fused-ring (bicyclic) bond motifs is 1. The van der Waals surface area contributed by atoms with E-state index in [4.69, 9.17) is 10.5 Å². The summed E-state index contributed by atoms with van der Waals surface area (Å²) < 4.78 is 5.09. The molecule has 4 N–H and O–H groups in total. The Kier molecular flexibility index (Phi) is 10.9. The molecule has 8 nitrogen and oxygen atoms in total. The molecule has 1 aliphatic carbocycles. The summed E-state index contributed by atoms with van der Waals surface area (Å²) in [5.74, 6) is -1.24. The highest BCUT2D eigenvalue weighted by Gasteiger charge is 2.48. The maximum absolute atomic E-state index is 13.1. The summed E-state index contributed by atoms with van der Waals surface area (Å²) in [4.78, 5) is 38.5. The number of carboxylic acid groups (broad SMARTS) is 1. The number of esters is 1. The number of carboxylic acids is 1. The van der Waals surface area contributed by atoms with Gasteiger partial charge in [0.05, 0.1) is 12.6 Å². The molecule has 8 heteroatoms. The molecule has 1 heterocycles. The van der Waals surface area contributed by atoms with E-state index in [1.807, 2.05) is 27.7 Å². The third-order valence-electron chi connectivity index (χ3n) is 5.60. The summed E-state index contributed by atoms with van der Waals surface area (Å²) in [6.07, 6.45) is 5.87. The molecular weight excluding hydrogens is 398 g/mol. The molecule has 0 aromatic heterocycles. The van der Waals surface area contributed by atoms with Crippen molar-refractivity contribution in [2.75, 3.05) is 6.61 Å². The van der Waals surface area contributed by atoms with Crippen LogP contribution in [0.1, 0.15) is 86.5 Å². The maximum atomic E-state index is 13.1. The molecule has 0 unspecified atom stereocenters. The summed E-state index contributed by atoms with van der Waals surface area (Å²) >= 11 is 0. The van der Waals surface area contributed by atoms with E-state index in [1.54, 1.807) is 18.7 Å². The number of ether oxygens (including phenoxy) is 1. The number of nitrogens with two attached hydrogens (primary N) is 1. The maximum Gasteiger partial charge on any atom is 0.326 e. The quantitative estimate of drug-likeness (QED) is 0.495. The first-order chi connectivity index (χ1) is 14.4. The zero-order valence-corrected chi connectivity index (χ0v) is 20.1. The normalized spacial score (nSPS) is 25.0. The van der Waals surface area contributed by atoms with Gasteiger partial charge in [0.2, 0.25) is 5.91 Å². The molecule has 1 saturated carbocycles. The summed E-state index contributed by atoms with van der Waals surface area (Å²) in [6.45, 7) is 11.6. The second kappa shape index (κ2) is 12.4. The summed E-state index contributed by atoms with van der Waals surface area (Å²) in [6, 6.07) is -1.92. The molecule has 0 bridgehead atoms. The van der Waals surface area contributed by atoms with Crippen molar-refractivity contribution in [1.82, 2.24) is 10.2 Å². The number of rotatable bonds is 8. The first-order valence-corrected chi connectivity index (χ1v) is 11.7. The summed E-state index contributed by atoms with van der Waals surface area (Å²) in [5, 5.41) is 12.7. The van der Waals surface area contributed by atoms with Gasteiger partial charge in [-0.05, 0) is 66.2 Å². The van der Waals surface area contributed by atoms with E-state index >= 15 is 0 Å². The van der Waals surface area contributed by atoms with Gasteiger partial charge >= 0.3 is 11.9 Å². The molecule has 0 spiro atoms. The SMILES string of the molecule is CC(C)(C)N.CCC[C@H](N[C@@H](C)C(=O)N1[C@@H]2CCCC[C@H]2C[C@H]1C(=O)O)C(=O)OCC. The van der Waals surface area contributed by atoms with Crippen LogP contribution < -0.4 is 11.1 Å². The second-order valence-electron chi connectivity index (χ2n) is 9.79. The van der Waals surface area contributed by atoms with E-state index in [1.165, 1.54) is 0 Å². The molecule has 180 valence electrons. The second-order valence-corrected chi connectivity index (χ2v) is 9.79. The fraction of sp³-hybridized carbons (Fsp3) is 0.870. The Labute approximate surface area is 187 Å². The van der Waals surface area contributed by atoms with Gasteiger partial charge in [-0.1, -0.05) is 26.2 Å². The number of nitrogens with zero attached hydrogens (tertiary/aromatic N) is 1. The van der Waals surface area contributed by atoms with Crippen LogP contribution in [0.15, 0.2) is 0 Å². The van der Waals surface area contributed by atoms with Gasteiger partial charge < -0.3 is 20.5 Å². The molecule has 2 rings (SSSR count). The van der Waals surface area contributed by atoms with Crippen molar-refractivity contribution >= 4 is 17.8 Å². The van der Waals surface area contributed by atoms with Crippen LogP contribution in [0, 0.1) is 5.92 Å². The number of carbonyl (C=O) groups is 3. The lowest BCUT2D eigenvalue weighted by Crippen LogP contribution is -2.55. The largest absolute Gasteiger partial charge is 0.480 e. The van der Waals surface area contributed by atoms with Crippen molar-refractivity contribution in [3.8, 4) is 0 Å². The van der Waals surface area contributed by atoms with Gasteiger partial charge in [-0.3, -0.25) is 14.9 Å². The van der Waals surface area contributed by atoms with Crippen LogP contribution in [0.3, 0.4) is 0 Å². The molecule has 0 aromatic rings. The van der Waals surface area contributed by atoms with Crippen LogP contribution in [-0.2, 0) is 19.1 Å². The van der Waals surface area contributed by atoms with E-state index in [9.17, 15) is 19.5 Å². The highest BCUT2D eigenvalue weighted by atomic mass is 16.5. The number of amides is 1. The molecular formula is C23H43N3O5. The predicted octanol–water partition coefficient (Wildman–Crippen LogP) is 2.68. The third-order valence-corrected chi connectivity index (χ3v) is 5.60. The fourth-order valence-electron chi connectivity index (χ4n) is 4.39. The zero-order chi connectivity index (χ0) is 23.8. The highest BCUT2D eigenvalue weighted by molar-refractivity contribution is 5.88. The number of hydrogen-bond acceptors (Lipinski definition) is 6. The molecule has 2 fully saturated rings. The van der Waals surface area contributed by atoms with Crippen molar-refractivity contribution in [3.63, 3.8) is 0 Å². The fourth-order valence-corrected chi connectivity index (χ4v) is 4.39. The smallest absolute Gasteiger partial charge is 0.326 e. The molecule has 0 radical (unpaired) electrons. The van der Waals surface area contributed by atoms with E-state index in [0.29, 0.717) is 19.4 Å². The van der Waals surface area contributed by atoms with Gasteiger partial charge in [0.1, 0.15) is 12.1 Å². The van der Waals surface area contributed by atoms with Crippen LogP contribution >= 0.6 is 0 Å². The molecule has 1 saturated heterocycles. The van der Waals surface area contributed by atoms with Crippen molar-refractivity contribution in [2.45, 2.75) is 116 Å². The Balaban J connectivity index is 0.000000861. The minimum Gasteiger partial charge on any atom is -0.480 e. The van der Waals surface area contributed by atoms with Gasteiger partial charge in [0, 0.05) is 11.6 Å². The van der Waals surface area contributed by atoms with E-state index in [0.717, 1.165) is 32.1 Å². The molecule has 0 aromatic carbocycles. The van der Waals surface area contributed by atoms with Crippen LogP contribution in [0.2, 0.25) is 0 Å². The molecule has 31 heavy (non-hydrogen) atoms. The van der Waals surface area contributed by atoms with E-state index in [-0.39, 0.29) is 29.4 Å². The van der Waals surface area contributed by atoms with Gasteiger partial charge in [0.25, 0.3) is 0 Å². The summed E-state index contributed by atoms with van der Waals surface area (Å²) in [7, 11) is 0. The van der Waals surface area contributed by atoms with E-state index in [2.05, 4.69) is 5.32 Å². The third kappa shape index (κ3) is 8.77. The van der Waals surface area contributed by atoms with Crippen molar-refractivity contribution < 1.29 is 24.2 Å². The number of carbonyl (C=O) groups excluding carboxylic acids is 2. The molecule has 2 aliphatic rings. The Hall–Kier alpha value is -1.67. The minimum absolute atomic E-state index is 0. The van der Waals surface area contributed by atoms with E-state index < -0.39 is 24.1 Å². The minimum atomic E-state index is -0.935. The zero-order valence-electron chi connectivity index (χ0n) is 20.1. The van der Waals surface area contributed by atoms with Crippen LogP contribution in [0.5, 0.6) is 0 Å². The van der Waals surface area contributed by atoms with Crippen LogP contribution in [-0.4, -0.2) is 64.2 Å². The molecule has 1 aliphatic heterocycles. The Morgan fingerprint density at radius 1 is 1.19 bits per heavy atom. The van der Waals surface area contributed by atoms with Gasteiger partial charge in [-0.15, -0.1) is 0 Å². The first-order valence-electron chi connectivity index (χ1n) is 11.7. The van der Waals surface area contributed by atoms with Crippen molar-refractivity contribution in [2.24, 2.45) is 11.7 Å². The molecule has 5 atom stereocenters. The predicted molar refractivity (Wildman–Crippen MR) is 120 cm³/mol. The average Bonchev–Trinajstić information content (AvgIpc) is 3.05. The monoisotopic (exact) mass is 441 g/mol. The van der Waals surface area contributed by atoms with Crippen LogP contribution in [0.4, 0.5) is 0 Å². The number of aliphatic carboxylic acids is 1. The number of hydrogen-bond donors (Lipinski definition) is 3. The van der Waals surface area contributed by atoms with Crippen LogP contribution in [0.25, 0.3) is 0 Å². The highest BCUT2D eigenvalue weighted by Crippen LogP contribution is 2.40. The standard InChI is InChI=1S/C19H32N2O5.C4H11N/c1-4-8-14(19(25)26-5-2)20-12(3)17(22)21-15-10-7-6-9-13(15)11-16(21)18(23)24;1-4(2,3)5/h12-16,20H,4-11H2,1-3H3,(H,23,24);5H2,1-3H3/t12-,13-,14-,15+,16-;/m0./s1. The lowest BCUT2D eigenvalue weighted by molar-refractivity contribution is -0.152. The molecule has 1 amide bonds. The first kappa shape index (κ1) is 27.4. The number of likely N-dealkylation sites (tertiary alicyclic amines) is 1. The topological polar surface area (TPSA) is 122 Å².